The third-order valence-electron chi connectivity index (χ3n) is 6.46. The van der Waals surface area contributed by atoms with Crippen LogP contribution < -0.4 is 0 Å². The number of amides is 4. The van der Waals surface area contributed by atoms with Crippen LogP contribution >= 0.6 is 48.0 Å². The molecule has 5 heterocycles. The average Bonchev–Trinajstić information content (AvgIpc) is 3.74. The molecule has 0 unspecified atom stereocenters. The van der Waals surface area contributed by atoms with Gasteiger partial charge in [-0.1, -0.05) is 48.0 Å². The van der Waals surface area contributed by atoms with E-state index in [-0.39, 0.29) is 49.6 Å². The van der Waals surface area contributed by atoms with Gasteiger partial charge in [0.2, 0.25) is 11.8 Å². The minimum Gasteiger partial charge on any atom is -0.465 e. The van der Waals surface area contributed by atoms with Gasteiger partial charge in [-0.3, -0.25) is 29.0 Å². The molecule has 208 valence electrons. The molecular formula is C26H24N4O6S4. The molecule has 10 nitrogen and oxygen atoms in total. The Hall–Kier alpha value is -3.20. The summed E-state index contributed by atoms with van der Waals surface area (Å²) in [5, 5.41) is 0. The summed E-state index contributed by atoms with van der Waals surface area (Å²) < 4.78 is 11.3. The van der Waals surface area contributed by atoms with E-state index in [1.807, 2.05) is 0 Å². The molecule has 3 aliphatic rings. The predicted molar refractivity (Wildman–Crippen MR) is 160 cm³/mol. The van der Waals surface area contributed by atoms with Crippen LogP contribution in [0.15, 0.2) is 55.4 Å². The minimum absolute atomic E-state index is 0.0999. The van der Waals surface area contributed by atoms with Crippen LogP contribution in [0, 0.1) is 0 Å². The van der Waals surface area contributed by atoms with Gasteiger partial charge in [0, 0.05) is 64.3 Å². The number of nitrogens with zero attached hydrogens (tertiary/aromatic N) is 4. The summed E-state index contributed by atoms with van der Waals surface area (Å²) in [7, 11) is 0. The van der Waals surface area contributed by atoms with Gasteiger partial charge in [0.25, 0.3) is 11.8 Å². The van der Waals surface area contributed by atoms with Crippen LogP contribution in [-0.4, -0.2) is 91.1 Å². The summed E-state index contributed by atoms with van der Waals surface area (Å²) in [5.41, 5.74) is 0. The van der Waals surface area contributed by atoms with Gasteiger partial charge < -0.3 is 18.6 Å². The molecule has 3 aliphatic heterocycles. The molecule has 0 radical (unpaired) electrons. The first kappa shape index (κ1) is 28.3. The van der Waals surface area contributed by atoms with Gasteiger partial charge in [-0.05, 0) is 24.3 Å². The van der Waals surface area contributed by atoms with Crippen molar-refractivity contribution in [2.75, 3.05) is 39.3 Å². The molecule has 3 saturated heterocycles. The van der Waals surface area contributed by atoms with E-state index in [1.54, 1.807) is 46.2 Å². The standard InChI is InChI=1S/C26H24N4O6S4/c31-21(5-7-29-23(33)19(39-25(29)37)15-17-3-1-13-35-17)27-9-11-28(12-10-27)22(32)6-8-30-24(34)20(40-26(30)38)16-18-4-2-14-36-18/h1-4,13-16H,5-12H2. The summed E-state index contributed by atoms with van der Waals surface area (Å²) in [6, 6.07) is 6.97. The second kappa shape index (κ2) is 12.5. The maximum atomic E-state index is 12.8. The molecule has 0 spiro atoms. The Morgan fingerprint density at radius 1 is 0.750 bits per heavy atom. The molecule has 0 saturated carbocycles. The van der Waals surface area contributed by atoms with E-state index in [4.69, 9.17) is 33.3 Å². The number of hydrogen-bond acceptors (Lipinski definition) is 10. The zero-order valence-corrected chi connectivity index (χ0v) is 24.4. The summed E-state index contributed by atoms with van der Waals surface area (Å²) in [4.78, 5) is 58.3. The molecule has 0 aromatic carbocycles. The second-order valence-electron chi connectivity index (χ2n) is 8.96. The lowest BCUT2D eigenvalue weighted by atomic mass is 10.2. The normalized spacial score (nSPS) is 20.1. The largest absolute Gasteiger partial charge is 0.465 e. The van der Waals surface area contributed by atoms with Crippen LogP contribution in [0.5, 0.6) is 0 Å². The highest BCUT2D eigenvalue weighted by Crippen LogP contribution is 2.33. The van der Waals surface area contributed by atoms with Gasteiger partial charge in [-0.15, -0.1) is 0 Å². The fraction of sp³-hybridized carbons (Fsp3) is 0.308. The molecule has 0 bridgehead atoms. The molecule has 40 heavy (non-hydrogen) atoms. The number of thioether (sulfide) groups is 2. The number of carbonyl (C=O) groups excluding carboxylic acids is 4. The summed E-state index contributed by atoms with van der Waals surface area (Å²) >= 11 is 13.0. The number of hydrogen-bond donors (Lipinski definition) is 0. The molecule has 0 aliphatic carbocycles. The Kier molecular flexibility index (Phi) is 8.88. The Morgan fingerprint density at radius 3 is 1.50 bits per heavy atom. The van der Waals surface area contributed by atoms with Crippen LogP contribution in [0.4, 0.5) is 0 Å². The SMILES string of the molecule is O=C(CCN1C(=O)C(=Cc2ccco2)SC1=S)N1CCN(C(=O)CCN2C(=O)C(=Cc3ccco3)SC2=S)CC1. The zero-order chi connectivity index (χ0) is 28.2. The summed E-state index contributed by atoms with van der Waals surface area (Å²) in [6.07, 6.45) is 6.60. The summed E-state index contributed by atoms with van der Waals surface area (Å²) in [6.45, 7) is 1.97. The fourth-order valence-electron chi connectivity index (χ4n) is 4.33. The maximum absolute atomic E-state index is 12.8. The van der Waals surface area contributed by atoms with E-state index in [2.05, 4.69) is 0 Å². The number of thiocarbonyl (C=S) groups is 2. The number of piperazine rings is 1. The van der Waals surface area contributed by atoms with Crippen LogP contribution in [0.2, 0.25) is 0 Å². The minimum atomic E-state index is -0.243. The number of carbonyl (C=O) groups is 4. The van der Waals surface area contributed by atoms with Crippen molar-refractivity contribution in [2.45, 2.75) is 12.8 Å². The zero-order valence-electron chi connectivity index (χ0n) is 21.1. The molecule has 5 rings (SSSR count). The Balaban J connectivity index is 1.05. The topological polar surface area (TPSA) is 108 Å². The van der Waals surface area contributed by atoms with Gasteiger partial charge in [0.1, 0.15) is 20.2 Å². The van der Waals surface area contributed by atoms with E-state index in [0.29, 0.717) is 56.2 Å². The lowest BCUT2D eigenvalue weighted by Crippen LogP contribution is -2.51. The smallest absolute Gasteiger partial charge is 0.266 e. The average molecular weight is 617 g/mol. The lowest BCUT2D eigenvalue weighted by Gasteiger charge is -2.35. The van der Waals surface area contributed by atoms with Gasteiger partial charge in [-0.2, -0.15) is 0 Å². The lowest BCUT2D eigenvalue weighted by molar-refractivity contribution is -0.140. The highest BCUT2D eigenvalue weighted by molar-refractivity contribution is 8.27. The van der Waals surface area contributed by atoms with E-state index in [0.717, 1.165) is 0 Å². The number of furan rings is 2. The van der Waals surface area contributed by atoms with Crippen LogP contribution in [-0.2, 0) is 19.2 Å². The molecule has 3 fully saturated rings. The molecule has 0 N–H and O–H groups in total. The monoisotopic (exact) mass is 616 g/mol. The fourth-order valence-corrected chi connectivity index (χ4v) is 6.90. The van der Waals surface area contributed by atoms with Crippen molar-refractivity contribution in [1.82, 2.24) is 19.6 Å². The molecular weight excluding hydrogens is 593 g/mol. The molecule has 4 amide bonds. The predicted octanol–water partition coefficient (Wildman–Crippen LogP) is 3.43. The first-order chi connectivity index (χ1) is 19.3. The van der Waals surface area contributed by atoms with Crippen LogP contribution in [0.25, 0.3) is 12.2 Å². The number of rotatable bonds is 8. The van der Waals surface area contributed by atoms with Gasteiger partial charge in [0.15, 0.2) is 0 Å². The second-order valence-corrected chi connectivity index (χ2v) is 12.3. The van der Waals surface area contributed by atoms with Crippen molar-refractivity contribution in [2.24, 2.45) is 0 Å². The third-order valence-corrected chi connectivity index (χ3v) is 9.22. The third kappa shape index (κ3) is 6.40. The van der Waals surface area contributed by atoms with Crippen molar-refractivity contribution in [3.05, 3.63) is 58.1 Å². The van der Waals surface area contributed by atoms with E-state index in [9.17, 15) is 19.2 Å². The van der Waals surface area contributed by atoms with Crippen molar-refractivity contribution in [3.63, 3.8) is 0 Å². The van der Waals surface area contributed by atoms with Gasteiger partial charge in [-0.25, -0.2) is 0 Å². The maximum Gasteiger partial charge on any atom is 0.266 e. The highest BCUT2D eigenvalue weighted by Gasteiger charge is 2.35. The van der Waals surface area contributed by atoms with E-state index < -0.39 is 0 Å². The Bertz CT molecular complexity index is 1290. The van der Waals surface area contributed by atoms with Crippen molar-refractivity contribution in [1.29, 1.82) is 0 Å². The van der Waals surface area contributed by atoms with Crippen molar-refractivity contribution < 1.29 is 28.0 Å². The highest BCUT2D eigenvalue weighted by atomic mass is 32.2. The Morgan fingerprint density at radius 2 is 1.15 bits per heavy atom. The Labute approximate surface area is 249 Å². The first-order valence-corrected chi connectivity index (χ1v) is 14.9. The van der Waals surface area contributed by atoms with Gasteiger partial charge >= 0.3 is 0 Å². The van der Waals surface area contributed by atoms with E-state index in [1.165, 1.54) is 45.8 Å². The van der Waals surface area contributed by atoms with Crippen LogP contribution in [0.3, 0.4) is 0 Å². The van der Waals surface area contributed by atoms with Crippen molar-refractivity contribution >= 4 is 92.4 Å². The van der Waals surface area contributed by atoms with Gasteiger partial charge in [0.05, 0.1) is 22.3 Å². The van der Waals surface area contributed by atoms with Crippen molar-refractivity contribution in [3.8, 4) is 0 Å². The quantitative estimate of drug-likeness (QED) is 0.324. The first-order valence-electron chi connectivity index (χ1n) is 12.4. The molecule has 2 aromatic rings. The molecule has 14 heteroatoms. The summed E-state index contributed by atoms with van der Waals surface area (Å²) in [5.74, 6) is 0.433. The van der Waals surface area contributed by atoms with E-state index >= 15 is 0 Å². The van der Waals surface area contributed by atoms with Crippen LogP contribution in [0.1, 0.15) is 24.4 Å². The molecule has 0 atom stereocenters. The molecule has 2 aromatic heterocycles.